The molecule has 0 fully saturated rings. The Labute approximate surface area is 64.1 Å². The first-order valence-corrected chi connectivity index (χ1v) is 3.45. The second-order valence-electron chi connectivity index (χ2n) is 2.08. The van der Waals surface area contributed by atoms with Crippen molar-refractivity contribution < 1.29 is 5.11 Å². The highest BCUT2D eigenvalue weighted by atomic mass is 32.1. The average Bonchev–Trinajstić information content (AvgIpc) is 2.36. The third-order valence-corrected chi connectivity index (χ3v) is 1.89. The monoisotopic (exact) mass is 159 g/mol. The average molecular weight is 159 g/mol. The first-order valence-electron chi connectivity index (χ1n) is 2.93. The number of hydrogen-bond donors (Lipinski definition) is 3. The SMILES string of the molecule is CC(O)C(S)c1cn[nH]n1. The first kappa shape index (κ1) is 7.56. The van der Waals surface area contributed by atoms with Crippen LogP contribution in [0.2, 0.25) is 0 Å². The van der Waals surface area contributed by atoms with Gasteiger partial charge in [-0.1, -0.05) is 0 Å². The van der Waals surface area contributed by atoms with Crippen LogP contribution in [0.1, 0.15) is 17.9 Å². The number of aliphatic hydroxyl groups excluding tert-OH is 1. The molecule has 0 amide bonds. The van der Waals surface area contributed by atoms with Crippen molar-refractivity contribution >= 4 is 12.6 Å². The molecule has 4 nitrogen and oxygen atoms in total. The van der Waals surface area contributed by atoms with Gasteiger partial charge in [-0.05, 0) is 6.92 Å². The summed E-state index contributed by atoms with van der Waals surface area (Å²) in [5.74, 6) is 0. The number of aromatic nitrogens is 3. The number of aliphatic hydroxyl groups is 1. The lowest BCUT2D eigenvalue weighted by atomic mass is 10.2. The Balaban J connectivity index is 2.68. The van der Waals surface area contributed by atoms with Gasteiger partial charge in [-0.3, -0.25) is 0 Å². The van der Waals surface area contributed by atoms with Crippen molar-refractivity contribution in [2.75, 3.05) is 0 Å². The minimum Gasteiger partial charge on any atom is -0.392 e. The van der Waals surface area contributed by atoms with Gasteiger partial charge in [-0.25, -0.2) is 0 Å². The second kappa shape index (κ2) is 3.03. The Bertz CT molecular complexity index is 187. The summed E-state index contributed by atoms with van der Waals surface area (Å²) in [6.45, 7) is 1.66. The molecule has 0 aromatic carbocycles. The predicted octanol–water partition coefficient (Wildman–Crippen LogP) is 0.156. The van der Waals surface area contributed by atoms with Crippen LogP contribution in [0, 0.1) is 0 Å². The number of nitrogens with zero attached hydrogens (tertiary/aromatic N) is 2. The molecule has 0 radical (unpaired) electrons. The maximum Gasteiger partial charge on any atom is 0.0977 e. The van der Waals surface area contributed by atoms with Gasteiger partial charge in [0.1, 0.15) is 0 Å². The van der Waals surface area contributed by atoms with E-state index in [4.69, 9.17) is 5.11 Å². The van der Waals surface area contributed by atoms with Gasteiger partial charge in [0.25, 0.3) is 0 Å². The normalized spacial score (nSPS) is 16.7. The molecule has 2 atom stereocenters. The number of aromatic amines is 1. The zero-order chi connectivity index (χ0) is 7.56. The Hall–Kier alpha value is -0.550. The van der Waals surface area contributed by atoms with Crippen LogP contribution in [0.25, 0.3) is 0 Å². The van der Waals surface area contributed by atoms with Gasteiger partial charge in [-0.15, -0.1) is 0 Å². The standard InChI is InChI=1S/C5H9N3OS/c1-3(9)5(10)4-2-6-8-7-4/h2-3,5,9-10H,1H3,(H,6,7,8). The van der Waals surface area contributed by atoms with E-state index in [1.807, 2.05) is 0 Å². The van der Waals surface area contributed by atoms with Gasteiger partial charge in [-0.2, -0.15) is 28.0 Å². The summed E-state index contributed by atoms with van der Waals surface area (Å²) < 4.78 is 0. The van der Waals surface area contributed by atoms with E-state index >= 15 is 0 Å². The third-order valence-electron chi connectivity index (χ3n) is 1.19. The fourth-order valence-electron chi connectivity index (χ4n) is 0.600. The van der Waals surface area contributed by atoms with Crippen LogP contribution in [0.5, 0.6) is 0 Å². The molecule has 5 heteroatoms. The number of nitrogens with one attached hydrogen (secondary N) is 1. The molecule has 0 saturated heterocycles. The van der Waals surface area contributed by atoms with Crippen molar-refractivity contribution in [2.24, 2.45) is 0 Å². The summed E-state index contributed by atoms with van der Waals surface area (Å²) in [4.78, 5) is 0. The molecule has 1 rings (SSSR count). The van der Waals surface area contributed by atoms with Gasteiger partial charge in [0.2, 0.25) is 0 Å². The molecule has 0 bridgehead atoms. The van der Waals surface area contributed by atoms with E-state index in [9.17, 15) is 0 Å². The minimum absolute atomic E-state index is 0.251. The third kappa shape index (κ3) is 1.48. The number of rotatable bonds is 2. The molecule has 0 aliphatic heterocycles. The summed E-state index contributed by atoms with van der Waals surface area (Å²) in [5, 5.41) is 18.6. The van der Waals surface area contributed by atoms with Crippen molar-refractivity contribution in [3.8, 4) is 0 Å². The highest BCUT2D eigenvalue weighted by molar-refractivity contribution is 7.80. The molecule has 1 aromatic heterocycles. The van der Waals surface area contributed by atoms with Crippen LogP contribution in [-0.4, -0.2) is 26.6 Å². The highest BCUT2D eigenvalue weighted by Crippen LogP contribution is 2.19. The van der Waals surface area contributed by atoms with E-state index in [-0.39, 0.29) is 5.25 Å². The van der Waals surface area contributed by atoms with Crippen LogP contribution < -0.4 is 0 Å². The van der Waals surface area contributed by atoms with Crippen molar-refractivity contribution in [3.05, 3.63) is 11.9 Å². The summed E-state index contributed by atoms with van der Waals surface area (Å²) in [5.41, 5.74) is 0.665. The molecule has 2 unspecified atom stereocenters. The first-order chi connectivity index (χ1) is 4.72. The summed E-state index contributed by atoms with van der Waals surface area (Å²) in [6, 6.07) is 0. The molecule has 0 aliphatic rings. The predicted molar refractivity (Wildman–Crippen MR) is 39.8 cm³/mol. The lowest BCUT2D eigenvalue weighted by Crippen LogP contribution is -2.08. The van der Waals surface area contributed by atoms with Crippen LogP contribution in [0.15, 0.2) is 6.20 Å². The molecule has 0 spiro atoms. The number of H-pyrrole nitrogens is 1. The molecular weight excluding hydrogens is 150 g/mol. The Kier molecular flexibility index (Phi) is 2.29. The summed E-state index contributed by atoms with van der Waals surface area (Å²) in [6.07, 6.45) is 1.04. The second-order valence-corrected chi connectivity index (χ2v) is 2.64. The molecular formula is C5H9N3OS. The van der Waals surface area contributed by atoms with Gasteiger partial charge >= 0.3 is 0 Å². The lowest BCUT2D eigenvalue weighted by Gasteiger charge is -2.08. The number of thiol groups is 1. The molecule has 0 aliphatic carbocycles. The quantitative estimate of drug-likeness (QED) is 0.538. The van der Waals surface area contributed by atoms with Gasteiger partial charge in [0.05, 0.1) is 23.2 Å². The van der Waals surface area contributed by atoms with Crippen molar-refractivity contribution in [1.82, 2.24) is 15.4 Å². The van der Waals surface area contributed by atoms with Gasteiger partial charge in [0, 0.05) is 0 Å². The van der Waals surface area contributed by atoms with Gasteiger partial charge < -0.3 is 5.11 Å². The Morgan fingerprint density at radius 3 is 2.90 bits per heavy atom. The smallest absolute Gasteiger partial charge is 0.0977 e. The summed E-state index contributed by atoms with van der Waals surface area (Å²) in [7, 11) is 0. The van der Waals surface area contributed by atoms with Crippen molar-refractivity contribution in [2.45, 2.75) is 18.3 Å². The van der Waals surface area contributed by atoms with Crippen molar-refractivity contribution in [3.63, 3.8) is 0 Å². The van der Waals surface area contributed by atoms with Crippen LogP contribution in [0.4, 0.5) is 0 Å². The highest BCUT2D eigenvalue weighted by Gasteiger charge is 2.14. The maximum absolute atomic E-state index is 9.03. The molecule has 56 valence electrons. The van der Waals surface area contributed by atoms with E-state index in [0.29, 0.717) is 5.69 Å². The molecule has 0 saturated carbocycles. The van der Waals surface area contributed by atoms with E-state index in [2.05, 4.69) is 28.0 Å². The molecule has 1 heterocycles. The van der Waals surface area contributed by atoms with E-state index < -0.39 is 6.10 Å². The topological polar surface area (TPSA) is 61.8 Å². The van der Waals surface area contributed by atoms with E-state index in [1.165, 1.54) is 0 Å². The fourth-order valence-corrected chi connectivity index (χ4v) is 0.725. The van der Waals surface area contributed by atoms with E-state index in [1.54, 1.807) is 13.1 Å². The van der Waals surface area contributed by atoms with Crippen LogP contribution >= 0.6 is 12.6 Å². The Morgan fingerprint density at radius 1 is 1.80 bits per heavy atom. The maximum atomic E-state index is 9.03. The van der Waals surface area contributed by atoms with Gasteiger partial charge in [0.15, 0.2) is 0 Å². The zero-order valence-corrected chi connectivity index (χ0v) is 6.42. The van der Waals surface area contributed by atoms with E-state index in [0.717, 1.165) is 0 Å². The lowest BCUT2D eigenvalue weighted by molar-refractivity contribution is 0.191. The fraction of sp³-hybridized carbons (Fsp3) is 0.600. The Morgan fingerprint density at radius 2 is 2.50 bits per heavy atom. The summed E-state index contributed by atoms with van der Waals surface area (Å²) >= 11 is 4.11. The van der Waals surface area contributed by atoms with Crippen LogP contribution in [-0.2, 0) is 0 Å². The minimum atomic E-state index is -0.506. The largest absolute Gasteiger partial charge is 0.392 e. The number of hydrogen-bond acceptors (Lipinski definition) is 4. The molecule has 2 N–H and O–H groups in total. The molecule has 10 heavy (non-hydrogen) atoms. The molecule has 1 aromatic rings. The zero-order valence-electron chi connectivity index (χ0n) is 5.52. The van der Waals surface area contributed by atoms with Crippen molar-refractivity contribution in [1.29, 1.82) is 0 Å². The van der Waals surface area contributed by atoms with Crippen LogP contribution in [0.3, 0.4) is 0 Å².